The van der Waals surface area contributed by atoms with Crippen LogP contribution in [0.4, 0.5) is 10.7 Å². The lowest BCUT2D eigenvalue weighted by Crippen LogP contribution is -2.38. The van der Waals surface area contributed by atoms with Crippen LogP contribution < -0.4 is 15.5 Å². The molecule has 0 fully saturated rings. The fraction of sp³-hybridized carbons (Fsp3) is 0.476. The summed E-state index contributed by atoms with van der Waals surface area (Å²) in [5, 5.41) is 7.77. The Morgan fingerprint density at radius 2 is 1.88 bits per heavy atom. The molecule has 0 bridgehead atoms. The Labute approximate surface area is 159 Å². The van der Waals surface area contributed by atoms with Gasteiger partial charge in [0.05, 0.1) is 5.56 Å². The first-order chi connectivity index (χ1) is 12.6. The van der Waals surface area contributed by atoms with Gasteiger partial charge in [-0.15, -0.1) is 11.3 Å². The first-order valence-corrected chi connectivity index (χ1v) is 10.5. The predicted octanol–water partition coefficient (Wildman–Crippen LogP) is 4.57. The number of anilines is 2. The van der Waals surface area contributed by atoms with Crippen molar-refractivity contribution in [2.24, 2.45) is 5.92 Å². The van der Waals surface area contributed by atoms with Crippen LogP contribution in [-0.2, 0) is 12.8 Å². The number of nitrogens with one attached hydrogen (secondary N) is 2. The van der Waals surface area contributed by atoms with Gasteiger partial charge in [0.2, 0.25) is 0 Å². The third kappa shape index (κ3) is 2.98. The Bertz CT molecular complexity index is 807. The Hall–Kier alpha value is -2.01. The van der Waals surface area contributed by atoms with E-state index in [0.29, 0.717) is 5.92 Å². The van der Waals surface area contributed by atoms with E-state index >= 15 is 0 Å². The molecular weight excluding hydrogens is 342 g/mol. The van der Waals surface area contributed by atoms with Crippen molar-refractivity contribution < 1.29 is 4.79 Å². The highest BCUT2D eigenvalue weighted by Gasteiger charge is 2.33. The van der Waals surface area contributed by atoms with Gasteiger partial charge < -0.3 is 15.5 Å². The number of carbonyl (C=O) groups excluding carboxylic acids is 1. The zero-order valence-corrected chi connectivity index (χ0v) is 16.6. The smallest absolute Gasteiger partial charge is 0.256 e. The number of fused-ring (bicyclic) bond motifs is 3. The molecule has 1 aromatic carbocycles. The molecule has 0 radical (unpaired) electrons. The van der Waals surface area contributed by atoms with Crippen LogP contribution in [0.3, 0.4) is 0 Å². The van der Waals surface area contributed by atoms with Gasteiger partial charge >= 0.3 is 0 Å². The van der Waals surface area contributed by atoms with Gasteiger partial charge in [0.25, 0.3) is 5.91 Å². The summed E-state index contributed by atoms with van der Waals surface area (Å²) < 4.78 is 0. The lowest BCUT2D eigenvalue weighted by Gasteiger charge is -2.28. The number of hydrogen-bond acceptors (Lipinski definition) is 4. The molecule has 1 aliphatic heterocycles. The maximum Gasteiger partial charge on any atom is 0.256 e. The normalized spacial score (nSPS) is 21.4. The van der Waals surface area contributed by atoms with Crippen molar-refractivity contribution in [1.29, 1.82) is 0 Å². The summed E-state index contributed by atoms with van der Waals surface area (Å²) in [6, 6.07) is 8.53. The molecule has 1 amide bonds. The molecule has 0 spiro atoms. The summed E-state index contributed by atoms with van der Waals surface area (Å²) in [6.07, 6.45) is 3.16. The number of nitrogens with zero attached hydrogens (tertiary/aromatic N) is 1. The number of benzene rings is 1. The molecule has 2 atom stereocenters. The number of carbonyl (C=O) groups is 1. The lowest BCUT2D eigenvalue weighted by atomic mass is 9.88. The van der Waals surface area contributed by atoms with Gasteiger partial charge in [-0.2, -0.15) is 0 Å². The highest BCUT2D eigenvalue weighted by Crippen LogP contribution is 2.42. The summed E-state index contributed by atoms with van der Waals surface area (Å²) >= 11 is 1.78. The molecule has 2 N–H and O–H groups in total. The maximum atomic E-state index is 12.8. The molecule has 138 valence electrons. The topological polar surface area (TPSA) is 44.4 Å². The molecule has 5 heteroatoms. The summed E-state index contributed by atoms with van der Waals surface area (Å²) in [5.41, 5.74) is 4.50. The van der Waals surface area contributed by atoms with E-state index in [9.17, 15) is 4.79 Å². The molecule has 4 rings (SSSR count). The van der Waals surface area contributed by atoms with Crippen molar-refractivity contribution in [3.63, 3.8) is 0 Å². The molecule has 2 aliphatic rings. The minimum absolute atomic E-state index is 0.0728. The first-order valence-electron chi connectivity index (χ1n) is 9.67. The van der Waals surface area contributed by atoms with Gasteiger partial charge in [0.1, 0.15) is 11.2 Å². The molecule has 0 unspecified atom stereocenters. The van der Waals surface area contributed by atoms with Gasteiger partial charge in [-0.05, 0) is 62.3 Å². The average Bonchev–Trinajstić information content (AvgIpc) is 3.01. The minimum Gasteiger partial charge on any atom is -0.372 e. The van der Waals surface area contributed by atoms with E-state index in [1.807, 2.05) is 0 Å². The molecule has 2 heterocycles. The zero-order chi connectivity index (χ0) is 18.3. The van der Waals surface area contributed by atoms with E-state index in [-0.39, 0.29) is 12.1 Å². The zero-order valence-electron chi connectivity index (χ0n) is 15.8. The van der Waals surface area contributed by atoms with Crippen molar-refractivity contribution >= 4 is 27.9 Å². The fourth-order valence-electron chi connectivity index (χ4n) is 4.10. The van der Waals surface area contributed by atoms with Crippen LogP contribution in [0.15, 0.2) is 24.3 Å². The van der Waals surface area contributed by atoms with Crippen LogP contribution in [0, 0.1) is 5.92 Å². The molecular formula is C21H27N3OS. The quantitative estimate of drug-likeness (QED) is 0.829. The van der Waals surface area contributed by atoms with Gasteiger partial charge in [0.15, 0.2) is 0 Å². The first kappa shape index (κ1) is 17.4. The Balaban J connectivity index is 1.58. The molecule has 1 aromatic heterocycles. The SMILES string of the molecule is CCN(CC)c1ccc([C@H]2NC(=O)c3c(sc4c3CC[C@@H](C)C4)N2)cc1. The second-order valence-corrected chi connectivity index (χ2v) is 8.48. The van der Waals surface area contributed by atoms with Crippen LogP contribution in [0.2, 0.25) is 0 Å². The number of thiophene rings is 1. The Kier molecular flexibility index (Phi) is 4.65. The average molecular weight is 370 g/mol. The van der Waals surface area contributed by atoms with E-state index in [1.165, 1.54) is 22.5 Å². The maximum absolute atomic E-state index is 12.8. The van der Waals surface area contributed by atoms with Crippen LogP contribution in [0.25, 0.3) is 0 Å². The molecule has 2 aromatic rings. The third-order valence-electron chi connectivity index (χ3n) is 5.64. The van der Waals surface area contributed by atoms with Crippen molar-refractivity contribution in [2.45, 2.75) is 46.2 Å². The van der Waals surface area contributed by atoms with Crippen LogP contribution >= 0.6 is 11.3 Å². The Morgan fingerprint density at radius 3 is 2.58 bits per heavy atom. The standard InChI is InChI=1S/C21H27N3OS/c1-4-24(5-2)15-9-7-14(8-10-15)19-22-20(25)18-16-11-6-13(3)12-17(16)26-21(18)23-19/h7-10,13,19,23H,4-6,11-12H2,1-3H3,(H,22,25)/t13-,19+/m1/s1. The van der Waals surface area contributed by atoms with Crippen molar-refractivity contribution in [3.05, 3.63) is 45.8 Å². The summed E-state index contributed by atoms with van der Waals surface area (Å²) in [7, 11) is 0. The third-order valence-corrected chi connectivity index (χ3v) is 6.83. The van der Waals surface area contributed by atoms with Crippen molar-refractivity contribution in [1.82, 2.24) is 5.32 Å². The van der Waals surface area contributed by atoms with E-state index in [0.717, 1.165) is 42.1 Å². The fourth-order valence-corrected chi connectivity index (χ4v) is 5.53. The highest BCUT2D eigenvalue weighted by molar-refractivity contribution is 7.16. The van der Waals surface area contributed by atoms with Gasteiger partial charge in [-0.1, -0.05) is 19.1 Å². The van der Waals surface area contributed by atoms with Crippen LogP contribution in [0.1, 0.15) is 59.7 Å². The molecule has 4 nitrogen and oxygen atoms in total. The lowest BCUT2D eigenvalue weighted by molar-refractivity contribution is 0.0935. The van der Waals surface area contributed by atoms with E-state index < -0.39 is 0 Å². The van der Waals surface area contributed by atoms with E-state index in [4.69, 9.17) is 0 Å². The number of rotatable bonds is 4. The largest absolute Gasteiger partial charge is 0.372 e. The summed E-state index contributed by atoms with van der Waals surface area (Å²) in [5.74, 6) is 0.790. The predicted molar refractivity (Wildman–Crippen MR) is 109 cm³/mol. The van der Waals surface area contributed by atoms with Gasteiger partial charge in [0, 0.05) is 23.7 Å². The Morgan fingerprint density at radius 1 is 1.15 bits per heavy atom. The van der Waals surface area contributed by atoms with Crippen LogP contribution in [0.5, 0.6) is 0 Å². The molecule has 26 heavy (non-hydrogen) atoms. The molecule has 0 saturated heterocycles. The van der Waals surface area contributed by atoms with Crippen molar-refractivity contribution in [3.8, 4) is 0 Å². The van der Waals surface area contributed by atoms with E-state index in [2.05, 4.69) is 60.6 Å². The monoisotopic (exact) mass is 369 g/mol. The van der Waals surface area contributed by atoms with Gasteiger partial charge in [-0.3, -0.25) is 4.79 Å². The van der Waals surface area contributed by atoms with Gasteiger partial charge in [-0.25, -0.2) is 0 Å². The molecule has 0 saturated carbocycles. The molecule has 1 aliphatic carbocycles. The number of hydrogen-bond donors (Lipinski definition) is 2. The summed E-state index contributed by atoms with van der Waals surface area (Å²) in [6.45, 7) is 8.63. The summed E-state index contributed by atoms with van der Waals surface area (Å²) in [4.78, 5) is 16.5. The second kappa shape index (κ2) is 6.95. The van der Waals surface area contributed by atoms with Crippen LogP contribution in [-0.4, -0.2) is 19.0 Å². The van der Waals surface area contributed by atoms with E-state index in [1.54, 1.807) is 11.3 Å². The highest BCUT2D eigenvalue weighted by atomic mass is 32.1. The van der Waals surface area contributed by atoms with Crippen molar-refractivity contribution in [2.75, 3.05) is 23.3 Å². The number of amides is 1. The minimum atomic E-state index is -0.154. The second-order valence-electron chi connectivity index (χ2n) is 7.37.